The first-order valence-corrected chi connectivity index (χ1v) is 3.34. The fraction of sp³-hybridized carbons (Fsp3) is 0.333. The second-order valence-corrected chi connectivity index (χ2v) is 2.42. The lowest BCUT2D eigenvalue weighted by molar-refractivity contribution is -0.120. The number of carbonyl (C=O) groups is 1. The van der Waals surface area contributed by atoms with Gasteiger partial charge in [-0.15, -0.1) is 5.10 Å². The van der Waals surface area contributed by atoms with Gasteiger partial charge in [0.1, 0.15) is 5.02 Å². The van der Waals surface area contributed by atoms with Gasteiger partial charge in [-0.3, -0.25) is 9.48 Å². The number of ether oxygens (including phenoxy) is 1. The molecule has 0 N–H and O–H groups in total. The molecule has 0 aromatic carbocycles. The van der Waals surface area contributed by atoms with Crippen molar-refractivity contribution in [3.8, 4) is 5.88 Å². The third-order valence-corrected chi connectivity index (χ3v) is 1.83. The normalized spacial score (nSPS) is 9.73. The van der Waals surface area contributed by atoms with Gasteiger partial charge < -0.3 is 4.74 Å². The molecule has 4 nitrogen and oxygen atoms in total. The highest BCUT2D eigenvalue weighted by molar-refractivity contribution is 6.32. The van der Waals surface area contributed by atoms with E-state index in [0.717, 1.165) is 5.69 Å². The molecular weight excluding hydrogens is 168 g/mol. The Morgan fingerprint density at radius 3 is 2.73 bits per heavy atom. The second-order valence-electron chi connectivity index (χ2n) is 2.04. The van der Waals surface area contributed by atoms with Crippen LogP contribution in [0.15, 0.2) is 0 Å². The van der Waals surface area contributed by atoms with Gasteiger partial charge in [-0.2, -0.15) is 0 Å². The van der Waals surface area contributed by atoms with Crippen molar-refractivity contribution in [3.05, 3.63) is 10.7 Å². The quantitative estimate of drug-likeness (QED) is 0.627. The van der Waals surface area contributed by atoms with E-state index < -0.39 is 0 Å². The summed E-state index contributed by atoms with van der Waals surface area (Å²) in [6, 6.07) is 0. The van der Waals surface area contributed by atoms with Crippen LogP contribution in [-0.4, -0.2) is 16.3 Å². The fourth-order valence-corrected chi connectivity index (χ4v) is 0.877. The van der Waals surface area contributed by atoms with E-state index >= 15 is 0 Å². The van der Waals surface area contributed by atoms with E-state index in [0.29, 0.717) is 11.5 Å². The zero-order valence-electron chi connectivity index (χ0n) is 6.17. The van der Waals surface area contributed by atoms with Gasteiger partial charge in [-0.1, -0.05) is 11.6 Å². The molecule has 0 bridgehead atoms. The maximum Gasteiger partial charge on any atom is 0.299 e. The first-order chi connectivity index (χ1) is 5.16. The summed E-state index contributed by atoms with van der Waals surface area (Å²) in [6.07, 6.45) is 0. The van der Waals surface area contributed by atoms with Crippen molar-refractivity contribution in [3.63, 3.8) is 0 Å². The molecule has 0 saturated heterocycles. The maximum atomic E-state index is 9.92. The molecule has 1 heterocycles. The molecule has 0 amide bonds. The summed E-state index contributed by atoms with van der Waals surface area (Å²) < 4.78 is 6.04. The standard InChI is InChI=1S/C6H7ClN2O2/c1-4-5(7)6(11-3-10)8-9(4)2/h3H,1-2H3. The van der Waals surface area contributed by atoms with Crippen molar-refractivity contribution in [2.24, 2.45) is 7.05 Å². The average Bonchev–Trinajstić information content (AvgIpc) is 2.19. The number of hydrogen-bond acceptors (Lipinski definition) is 3. The van der Waals surface area contributed by atoms with E-state index in [4.69, 9.17) is 11.6 Å². The predicted molar refractivity (Wildman–Crippen MR) is 39.6 cm³/mol. The lowest BCUT2D eigenvalue weighted by Gasteiger charge is -1.88. The summed E-state index contributed by atoms with van der Waals surface area (Å²) >= 11 is 5.73. The van der Waals surface area contributed by atoms with E-state index in [9.17, 15) is 4.79 Å². The van der Waals surface area contributed by atoms with Crippen LogP contribution in [0.25, 0.3) is 0 Å². The molecule has 0 radical (unpaired) electrons. The Labute approximate surface area is 68.7 Å². The molecule has 5 heteroatoms. The number of aryl methyl sites for hydroxylation is 1. The number of rotatable bonds is 2. The summed E-state index contributed by atoms with van der Waals surface area (Å²) in [6.45, 7) is 2.08. The van der Waals surface area contributed by atoms with Gasteiger partial charge in [0.05, 0.1) is 5.69 Å². The Morgan fingerprint density at radius 2 is 2.36 bits per heavy atom. The monoisotopic (exact) mass is 174 g/mol. The Kier molecular flexibility index (Phi) is 2.14. The number of aromatic nitrogens is 2. The molecule has 0 aliphatic carbocycles. The molecular formula is C6H7ClN2O2. The topological polar surface area (TPSA) is 44.1 Å². The molecule has 0 saturated carbocycles. The summed E-state index contributed by atoms with van der Waals surface area (Å²) in [5.41, 5.74) is 0.767. The van der Waals surface area contributed by atoms with E-state index in [1.807, 2.05) is 0 Å². The zero-order chi connectivity index (χ0) is 8.43. The SMILES string of the molecule is Cc1c(Cl)c(OC=O)nn1C. The number of carbonyl (C=O) groups excluding carboxylic acids is 1. The molecule has 1 rings (SSSR count). The van der Waals surface area contributed by atoms with Gasteiger partial charge >= 0.3 is 0 Å². The minimum absolute atomic E-state index is 0.154. The molecule has 0 aliphatic heterocycles. The number of halogens is 1. The van der Waals surface area contributed by atoms with E-state index in [-0.39, 0.29) is 5.88 Å². The highest BCUT2D eigenvalue weighted by atomic mass is 35.5. The first kappa shape index (κ1) is 8.07. The summed E-state index contributed by atoms with van der Waals surface area (Å²) in [5, 5.41) is 4.21. The fourth-order valence-electron chi connectivity index (χ4n) is 0.673. The van der Waals surface area contributed by atoms with Crippen LogP contribution >= 0.6 is 11.6 Å². The highest BCUT2D eigenvalue weighted by Gasteiger charge is 2.10. The molecule has 0 spiro atoms. The largest absolute Gasteiger partial charge is 0.406 e. The van der Waals surface area contributed by atoms with Crippen molar-refractivity contribution in [2.75, 3.05) is 0 Å². The van der Waals surface area contributed by atoms with Crippen LogP contribution in [0.3, 0.4) is 0 Å². The van der Waals surface area contributed by atoms with Crippen molar-refractivity contribution in [1.29, 1.82) is 0 Å². The minimum Gasteiger partial charge on any atom is -0.406 e. The van der Waals surface area contributed by atoms with Gasteiger partial charge in [0, 0.05) is 7.05 Å². The number of nitrogens with zero attached hydrogens (tertiary/aromatic N) is 2. The van der Waals surface area contributed by atoms with Crippen molar-refractivity contribution < 1.29 is 9.53 Å². The molecule has 1 aromatic heterocycles. The Hall–Kier alpha value is -1.03. The van der Waals surface area contributed by atoms with Crippen LogP contribution in [0, 0.1) is 6.92 Å². The second kappa shape index (κ2) is 2.92. The maximum absolute atomic E-state index is 9.92. The zero-order valence-corrected chi connectivity index (χ0v) is 6.92. The molecule has 0 aliphatic rings. The van der Waals surface area contributed by atoms with Crippen LogP contribution in [0.5, 0.6) is 5.88 Å². The van der Waals surface area contributed by atoms with Gasteiger partial charge in [-0.05, 0) is 6.92 Å². The minimum atomic E-state index is 0.154. The van der Waals surface area contributed by atoms with Crippen LogP contribution < -0.4 is 4.74 Å². The lowest BCUT2D eigenvalue weighted by atomic mass is 10.5. The Balaban J connectivity index is 3.07. The van der Waals surface area contributed by atoms with Gasteiger partial charge in [0.25, 0.3) is 12.4 Å². The van der Waals surface area contributed by atoms with Gasteiger partial charge in [0.15, 0.2) is 0 Å². The molecule has 0 atom stereocenters. The Bertz CT molecular complexity index is 282. The predicted octanol–water partition coefficient (Wildman–Crippen LogP) is 0.917. The number of hydrogen-bond donors (Lipinski definition) is 0. The van der Waals surface area contributed by atoms with Crippen molar-refractivity contribution in [1.82, 2.24) is 9.78 Å². The summed E-state index contributed by atoms with van der Waals surface area (Å²) in [5.74, 6) is 0.154. The van der Waals surface area contributed by atoms with E-state index in [2.05, 4.69) is 9.84 Å². The van der Waals surface area contributed by atoms with Crippen LogP contribution in [-0.2, 0) is 11.8 Å². The van der Waals surface area contributed by atoms with Crippen LogP contribution in [0.1, 0.15) is 5.69 Å². The third kappa shape index (κ3) is 1.35. The molecule has 1 aromatic rings. The summed E-state index contributed by atoms with van der Waals surface area (Å²) in [7, 11) is 1.72. The molecule has 11 heavy (non-hydrogen) atoms. The molecule has 0 fully saturated rings. The van der Waals surface area contributed by atoms with E-state index in [1.54, 1.807) is 18.7 Å². The molecule has 0 unspecified atom stereocenters. The van der Waals surface area contributed by atoms with Gasteiger partial charge in [-0.25, -0.2) is 0 Å². The Morgan fingerprint density at radius 1 is 1.73 bits per heavy atom. The van der Waals surface area contributed by atoms with Crippen LogP contribution in [0.2, 0.25) is 5.02 Å². The smallest absolute Gasteiger partial charge is 0.299 e. The van der Waals surface area contributed by atoms with Crippen molar-refractivity contribution in [2.45, 2.75) is 6.92 Å². The molecule has 60 valence electrons. The highest BCUT2D eigenvalue weighted by Crippen LogP contribution is 2.25. The van der Waals surface area contributed by atoms with Gasteiger partial charge in [0.2, 0.25) is 0 Å². The van der Waals surface area contributed by atoms with E-state index in [1.165, 1.54) is 0 Å². The first-order valence-electron chi connectivity index (χ1n) is 2.96. The van der Waals surface area contributed by atoms with Crippen molar-refractivity contribution >= 4 is 18.1 Å². The average molecular weight is 175 g/mol. The summed E-state index contributed by atoms with van der Waals surface area (Å²) in [4.78, 5) is 9.92. The third-order valence-electron chi connectivity index (χ3n) is 1.39. The van der Waals surface area contributed by atoms with Crippen LogP contribution in [0.4, 0.5) is 0 Å². The lowest BCUT2D eigenvalue weighted by Crippen LogP contribution is -1.93.